The molecule has 1 N–H and O–H groups in total. The molecule has 0 unspecified atom stereocenters. The van der Waals surface area contributed by atoms with E-state index in [9.17, 15) is 10.1 Å². The van der Waals surface area contributed by atoms with E-state index in [1.54, 1.807) is 19.9 Å². The standard InChI is InChI=1S/C12H20N2O3S.C2H6/c1-3-4-12(14(15)16)10(2)18-13-9-11-5-7-17-8-6-11;1-2/h3-4,11,13H,5-9H2,1-2H3;1-2H3/b4-3-,12-10-;. The zero-order valence-corrected chi connectivity index (χ0v) is 13.7. The van der Waals surface area contributed by atoms with E-state index in [1.807, 2.05) is 13.8 Å². The van der Waals surface area contributed by atoms with E-state index in [-0.39, 0.29) is 10.6 Å². The first kappa shape index (κ1) is 19.1. The SMILES string of the molecule is C/C=C\C(=C(/C)SNCC1CCOCC1)[N+](=O)[O-].CC. The quantitative estimate of drug-likeness (QED) is 0.350. The molecular formula is C14H26N2O3S. The number of hydrogen-bond acceptors (Lipinski definition) is 5. The van der Waals surface area contributed by atoms with Crippen molar-refractivity contribution in [3.05, 3.63) is 32.9 Å². The summed E-state index contributed by atoms with van der Waals surface area (Å²) in [5.74, 6) is 0.611. The summed E-state index contributed by atoms with van der Waals surface area (Å²) in [5.41, 5.74) is 0.155. The van der Waals surface area contributed by atoms with E-state index in [0.717, 1.165) is 32.6 Å². The molecule has 6 heteroatoms. The van der Waals surface area contributed by atoms with Gasteiger partial charge in [-0.1, -0.05) is 19.9 Å². The fraction of sp³-hybridized carbons (Fsp3) is 0.714. The first-order valence-corrected chi connectivity index (χ1v) is 7.92. The highest BCUT2D eigenvalue weighted by molar-refractivity contribution is 8.01. The molecule has 1 aliphatic heterocycles. The third-order valence-electron chi connectivity index (χ3n) is 2.82. The Morgan fingerprint density at radius 2 is 2.05 bits per heavy atom. The Kier molecular flexibility index (Phi) is 11.4. The van der Waals surface area contributed by atoms with Crippen molar-refractivity contribution in [1.82, 2.24) is 4.72 Å². The molecule has 0 spiro atoms. The maximum absolute atomic E-state index is 10.8. The average molecular weight is 302 g/mol. The molecule has 0 amide bonds. The highest BCUT2D eigenvalue weighted by Crippen LogP contribution is 2.20. The van der Waals surface area contributed by atoms with Crippen LogP contribution in [0.5, 0.6) is 0 Å². The van der Waals surface area contributed by atoms with Gasteiger partial charge in [-0.25, -0.2) is 0 Å². The molecule has 5 nitrogen and oxygen atoms in total. The van der Waals surface area contributed by atoms with Gasteiger partial charge in [0, 0.05) is 25.8 Å². The first-order valence-electron chi connectivity index (χ1n) is 7.10. The van der Waals surface area contributed by atoms with Crippen molar-refractivity contribution in [3.8, 4) is 0 Å². The Bertz CT molecular complexity index is 337. The lowest BCUT2D eigenvalue weighted by molar-refractivity contribution is -0.419. The molecule has 0 aromatic rings. The first-order chi connectivity index (χ1) is 9.65. The summed E-state index contributed by atoms with van der Waals surface area (Å²) in [4.78, 5) is 11.2. The van der Waals surface area contributed by atoms with E-state index in [1.165, 1.54) is 18.0 Å². The van der Waals surface area contributed by atoms with Crippen LogP contribution in [0.1, 0.15) is 40.5 Å². The summed E-state index contributed by atoms with van der Waals surface area (Å²) in [6.07, 6.45) is 5.33. The molecule has 1 rings (SSSR count). The summed E-state index contributed by atoms with van der Waals surface area (Å²) >= 11 is 1.34. The molecule has 0 radical (unpaired) electrons. The van der Waals surface area contributed by atoms with Gasteiger partial charge < -0.3 is 4.74 Å². The van der Waals surface area contributed by atoms with Crippen LogP contribution in [-0.2, 0) is 4.74 Å². The Morgan fingerprint density at radius 3 is 2.55 bits per heavy atom. The van der Waals surface area contributed by atoms with Crippen molar-refractivity contribution in [2.45, 2.75) is 40.5 Å². The second-order valence-electron chi connectivity index (χ2n) is 4.20. The number of nitrogens with one attached hydrogen (secondary N) is 1. The maximum Gasteiger partial charge on any atom is 0.279 e. The van der Waals surface area contributed by atoms with Gasteiger partial charge in [0.1, 0.15) is 0 Å². The lowest BCUT2D eigenvalue weighted by atomic mass is 10.0. The maximum atomic E-state index is 10.8. The van der Waals surface area contributed by atoms with Crippen LogP contribution in [0, 0.1) is 16.0 Å². The normalized spacial score (nSPS) is 17.4. The van der Waals surface area contributed by atoms with Crippen LogP contribution >= 0.6 is 11.9 Å². The minimum Gasteiger partial charge on any atom is -0.381 e. The van der Waals surface area contributed by atoms with Gasteiger partial charge >= 0.3 is 0 Å². The number of rotatable bonds is 6. The van der Waals surface area contributed by atoms with Crippen LogP contribution in [0.2, 0.25) is 0 Å². The fourth-order valence-corrected chi connectivity index (χ4v) is 2.52. The van der Waals surface area contributed by atoms with E-state index < -0.39 is 0 Å². The Labute approximate surface area is 126 Å². The van der Waals surface area contributed by atoms with Gasteiger partial charge in [0.25, 0.3) is 5.70 Å². The molecule has 0 bridgehead atoms. The van der Waals surface area contributed by atoms with Crippen molar-refractivity contribution in [2.75, 3.05) is 19.8 Å². The molecule has 1 saturated heterocycles. The van der Waals surface area contributed by atoms with Crippen LogP contribution in [0.4, 0.5) is 0 Å². The minimum atomic E-state index is -0.349. The number of nitro groups is 1. The summed E-state index contributed by atoms with van der Waals surface area (Å²) in [6, 6.07) is 0. The molecule has 1 fully saturated rings. The van der Waals surface area contributed by atoms with E-state index in [0.29, 0.717) is 10.8 Å². The number of hydrogen-bond donors (Lipinski definition) is 1. The molecule has 20 heavy (non-hydrogen) atoms. The van der Waals surface area contributed by atoms with Gasteiger partial charge in [-0.2, -0.15) is 0 Å². The molecule has 0 aromatic heterocycles. The second-order valence-corrected chi connectivity index (χ2v) is 5.31. The monoisotopic (exact) mass is 302 g/mol. The lowest BCUT2D eigenvalue weighted by Crippen LogP contribution is -2.24. The third-order valence-corrected chi connectivity index (χ3v) is 3.65. The molecule has 0 atom stereocenters. The molecular weight excluding hydrogens is 276 g/mol. The molecule has 0 aliphatic carbocycles. The van der Waals surface area contributed by atoms with Gasteiger partial charge in [-0.15, -0.1) is 0 Å². The summed E-state index contributed by atoms with van der Waals surface area (Å²) in [5, 5.41) is 10.8. The van der Waals surface area contributed by atoms with Crippen molar-refractivity contribution < 1.29 is 9.66 Å². The van der Waals surface area contributed by atoms with Gasteiger partial charge in [0.2, 0.25) is 0 Å². The Balaban J connectivity index is 0.00000172. The van der Waals surface area contributed by atoms with E-state index in [2.05, 4.69) is 4.72 Å². The average Bonchev–Trinajstić information content (AvgIpc) is 2.47. The topological polar surface area (TPSA) is 64.4 Å². The Morgan fingerprint density at radius 1 is 1.45 bits per heavy atom. The molecule has 1 heterocycles. The van der Waals surface area contributed by atoms with Crippen molar-refractivity contribution in [1.29, 1.82) is 0 Å². The lowest BCUT2D eigenvalue weighted by Gasteiger charge is -2.21. The van der Waals surface area contributed by atoms with Gasteiger partial charge in [-0.05, 0) is 44.6 Å². The van der Waals surface area contributed by atoms with Crippen molar-refractivity contribution >= 4 is 11.9 Å². The summed E-state index contributed by atoms with van der Waals surface area (Å²) in [6.45, 7) is 10.1. The van der Waals surface area contributed by atoms with Crippen molar-refractivity contribution in [2.24, 2.45) is 5.92 Å². The zero-order chi connectivity index (χ0) is 15.4. The molecule has 1 aliphatic rings. The molecule has 0 saturated carbocycles. The highest BCUT2D eigenvalue weighted by atomic mass is 32.2. The molecule has 116 valence electrons. The van der Waals surface area contributed by atoms with Gasteiger partial charge in [-0.3, -0.25) is 14.8 Å². The number of allylic oxidation sites excluding steroid dienone is 3. The third kappa shape index (κ3) is 7.67. The number of ether oxygens (including phenoxy) is 1. The summed E-state index contributed by atoms with van der Waals surface area (Å²) < 4.78 is 8.50. The zero-order valence-electron chi connectivity index (χ0n) is 12.8. The highest BCUT2D eigenvalue weighted by Gasteiger charge is 2.15. The Hall–Kier alpha value is -0.850. The molecule has 0 aromatic carbocycles. The predicted molar refractivity (Wildman–Crippen MR) is 85.0 cm³/mol. The minimum absolute atomic E-state index is 0.155. The predicted octanol–water partition coefficient (Wildman–Crippen LogP) is 3.76. The van der Waals surface area contributed by atoms with Crippen LogP contribution < -0.4 is 4.72 Å². The van der Waals surface area contributed by atoms with Crippen LogP contribution in [-0.4, -0.2) is 24.7 Å². The van der Waals surface area contributed by atoms with Gasteiger partial charge in [0.05, 0.1) is 9.83 Å². The largest absolute Gasteiger partial charge is 0.381 e. The van der Waals surface area contributed by atoms with E-state index in [4.69, 9.17) is 4.74 Å². The smallest absolute Gasteiger partial charge is 0.279 e. The van der Waals surface area contributed by atoms with Crippen LogP contribution in [0.25, 0.3) is 0 Å². The fourth-order valence-electron chi connectivity index (χ4n) is 1.74. The van der Waals surface area contributed by atoms with Crippen LogP contribution in [0.15, 0.2) is 22.8 Å². The van der Waals surface area contributed by atoms with Crippen LogP contribution in [0.3, 0.4) is 0 Å². The van der Waals surface area contributed by atoms with Crippen molar-refractivity contribution in [3.63, 3.8) is 0 Å². The number of nitrogens with zero attached hydrogens (tertiary/aromatic N) is 1. The second kappa shape index (κ2) is 11.9. The van der Waals surface area contributed by atoms with E-state index >= 15 is 0 Å². The van der Waals surface area contributed by atoms with Gasteiger partial charge in [0.15, 0.2) is 0 Å². The summed E-state index contributed by atoms with van der Waals surface area (Å²) in [7, 11) is 0.